The highest BCUT2D eigenvalue weighted by atomic mass is 32.2. The molecule has 1 fully saturated rings. The minimum Gasteiger partial charge on any atom is -0.379 e. The summed E-state index contributed by atoms with van der Waals surface area (Å²) in [4.78, 5) is 4.43. The molecule has 0 aromatic carbocycles. The molecule has 7 nitrogen and oxygen atoms in total. The summed E-state index contributed by atoms with van der Waals surface area (Å²) in [5.74, 6) is 1.45. The van der Waals surface area contributed by atoms with E-state index in [1.165, 1.54) is 17.1 Å². The summed E-state index contributed by atoms with van der Waals surface area (Å²) in [6, 6.07) is 0.312. The fourth-order valence-corrected chi connectivity index (χ4v) is 3.97. The van der Waals surface area contributed by atoms with Gasteiger partial charge in [-0.15, -0.1) is 0 Å². The lowest BCUT2D eigenvalue weighted by Gasteiger charge is -2.25. The first-order chi connectivity index (χ1) is 11.8. The summed E-state index contributed by atoms with van der Waals surface area (Å²) in [5.41, 5.74) is 0. The molecular formula is C17H36N4O3S. The largest absolute Gasteiger partial charge is 0.379 e. The molecule has 1 unspecified atom stereocenters. The summed E-state index contributed by atoms with van der Waals surface area (Å²) < 4.78 is 31.3. The second-order valence-electron chi connectivity index (χ2n) is 6.96. The van der Waals surface area contributed by atoms with E-state index in [0.29, 0.717) is 38.3 Å². The molecule has 0 aromatic heterocycles. The number of aliphatic imine (C=N–C) groups is 1. The van der Waals surface area contributed by atoms with Crippen molar-refractivity contribution in [3.05, 3.63) is 0 Å². The van der Waals surface area contributed by atoms with E-state index in [1.807, 2.05) is 6.92 Å². The molecule has 1 atom stereocenters. The van der Waals surface area contributed by atoms with Gasteiger partial charge in [-0.3, -0.25) is 4.99 Å². The monoisotopic (exact) mass is 376 g/mol. The van der Waals surface area contributed by atoms with Crippen molar-refractivity contribution in [1.82, 2.24) is 14.9 Å². The average Bonchev–Trinajstić information content (AvgIpc) is 2.55. The SMILES string of the molecule is CCNC(=NCCS(=O)(=O)N1CCOCC1)NC(C)CCCC(C)C. The van der Waals surface area contributed by atoms with Crippen LogP contribution in [0.25, 0.3) is 0 Å². The summed E-state index contributed by atoms with van der Waals surface area (Å²) in [7, 11) is -3.26. The lowest BCUT2D eigenvalue weighted by molar-refractivity contribution is 0.0731. The molecule has 1 aliphatic rings. The first kappa shape index (κ1) is 22.2. The number of sulfonamides is 1. The number of rotatable bonds is 10. The van der Waals surface area contributed by atoms with Gasteiger partial charge < -0.3 is 15.4 Å². The highest BCUT2D eigenvalue weighted by Crippen LogP contribution is 2.08. The van der Waals surface area contributed by atoms with Gasteiger partial charge in [0.1, 0.15) is 0 Å². The topological polar surface area (TPSA) is 83.0 Å². The Morgan fingerprint density at radius 2 is 1.88 bits per heavy atom. The van der Waals surface area contributed by atoms with E-state index in [0.717, 1.165) is 18.9 Å². The van der Waals surface area contributed by atoms with Crippen LogP contribution in [0.5, 0.6) is 0 Å². The van der Waals surface area contributed by atoms with Crippen LogP contribution >= 0.6 is 0 Å². The Hall–Kier alpha value is -0.860. The van der Waals surface area contributed by atoms with Gasteiger partial charge in [0.05, 0.1) is 25.5 Å². The maximum atomic E-state index is 12.3. The number of hydrogen-bond donors (Lipinski definition) is 2. The predicted octanol–water partition coefficient (Wildman–Crippen LogP) is 1.42. The number of nitrogens with one attached hydrogen (secondary N) is 2. The van der Waals surface area contributed by atoms with Crippen molar-refractivity contribution >= 4 is 16.0 Å². The van der Waals surface area contributed by atoms with Gasteiger partial charge in [0.15, 0.2) is 5.96 Å². The van der Waals surface area contributed by atoms with Crippen molar-refractivity contribution in [2.45, 2.75) is 53.0 Å². The van der Waals surface area contributed by atoms with Gasteiger partial charge in [-0.1, -0.05) is 26.7 Å². The van der Waals surface area contributed by atoms with Crippen LogP contribution in [0, 0.1) is 5.92 Å². The molecule has 0 radical (unpaired) electrons. The molecule has 25 heavy (non-hydrogen) atoms. The third-order valence-corrected chi connectivity index (χ3v) is 5.98. The van der Waals surface area contributed by atoms with E-state index < -0.39 is 10.0 Å². The molecule has 1 heterocycles. The molecule has 2 N–H and O–H groups in total. The number of guanidine groups is 1. The van der Waals surface area contributed by atoms with Crippen LogP contribution in [-0.4, -0.2) is 69.9 Å². The molecule has 0 bridgehead atoms. The molecule has 1 rings (SSSR count). The Morgan fingerprint density at radius 1 is 1.20 bits per heavy atom. The Kier molecular flexibility index (Phi) is 10.4. The number of nitrogens with zero attached hydrogens (tertiary/aromatic N) is 2. The molecule has 0 spiro atoms. The van der Waals surface area contributed by atoms with Crippen LogP contribution in [0.3, 0.4) is 0 Å². The lowest BCUT2D eigenvalue weighted by Crippen LogP contribution is -2.44. The van der Waals surface area contributed by atoms with E-state index in [4.69, 9.17) is 4.74 Å². The predicted molar refractivity (Wildman–Crippen MR) is 103 cm³/mol. The highest BCUT2D eigenvalue weighted by Gasteiger charge is 2.23. The summed E-state index contributed by atoms with van der Waals surface area (Å²) in [6.07, 6.45) is 3.48. The Morgan fingerprint density at radius 3 is 2.48 bits per heavy atom. The third kappa shape index (κ3) is 9.42. The molecule has 0 amide bonds. The average molecular weight is 377 g/mol. The van der Waals surface area contributed by atoms with Gasteiger partial charge in [0.2, 0.25) is 10.0 Å². The number of morpholine rings is 1. The van der Waals surface area contributed by atoms with E-state index in [9.17, 15) is 8.42 Å². The van der Waals surface area contributed by atoms with Crippen molar-refractivity contribution in [2.75, 3.05) is 45.1 Å². The van der Waals surface area contributed by atoms with Gasteiger partial charge >= 0.3 is 0 Å². The maximum Gasteiger partial charge on any atom is 0.216 e. The lowest BCUT2D eigenvalue weighted by atomic mass is 10.0. The van der Waals surface area contributed by atoms with E-state index in [-0.39, 0.29) is 12.3 Å². The van der Waals surface area contributed by atoms with Crippen LogP contribution in [0.2, 0.25) is 0 Å². The van der Waals surface area contributed by atoms with Crippen LogP contribution < -0.4 is 10.6 Å². The van der Waals surface area contributed by atoms with E-state index >= 15 is 0 Å². The van der Waals surface area contributed by atoms with Crippen LogP contribution in [0.1, 0.15) is 47.0 Å². The zero-order valence-electron chi connectivity index (χ0n) is 16.3. The molecule has 148 valence electrons. The van der Waals surface area contributed by atoms with Crippen molar-refractivity contribution in [3.63, 3.8) is 0 Å². The van der Waals surface area contributed by atoms with Gasteiger partial charge in [0.25, 0.3) is 0 Å². The fraction of sp³-hybridized carbons (Fsp3) is 0.941. The second-order valence-corrected chi connectivity index (χ2v) is 9.05. The van der Waals surface area contributed by atoms with E-state index in [1.54, 1.807) is 0 Å². The molecule has 1 aliphatic heterocycles. The van der Waals surface area contributed by atoms with Gasteiger partial charge in [-0.2, -0.15) is 4.31 Å². The number of ether oxygens (including phenoxy) is 1. The summed E-state index contributed by atoms with van der Waals surface area (Å²) in [6.45, 7) is 11.4. The second kappa shape index (κ2) is 11.7. The fourth-order valence-electron chi connectivity index (χ4n) is 2.68. The third-order valence-electron chi connectivity index (χ3n) is 4.13. The minimum absolute atomic E-state index is 0.0330. The summed E-state index contributed by atoms with van der Waals surface area (Å²) >= 11 is 0. The Labute approximate surface area is 153 Å². The van der Waals surface area contributed by atoms with Crippen LogP contribution in [-0.2, 0) is 14.8 Å². The zero-order valence-corrected chi connectivity index (χ0v) is 17.1. The van der Waals surface area contributed by atoms with Gasteiger partial charge in [-0.05, 0) is 26.2 Å². The van der Waals surface area contributed by atoms with Crippen molar-refractivity contribution in [2.24, 2.45) is 10.9 Å². The quantitative estimate of drug-likeness (QED) is 0.445. The molecule has 0 aromatic rings. The molecule has 0 aliphatic carbocycles. The molecular weight excluding hydrogens is 340 g/mol. The highest BCUT2D eigenvalue weighted by molar-refractivity contribution is 7.89. The minimum atomic E-state index is -3.26. The Balaban J connectivity index is 2.45. The normalized spacial score (nSPS) is 18.4. The van der Waals surface area contributed by atoms with Crippen molar-refractivity contribution < 1.29 is 13.2 Å². The van der Waals surface area contributed by atoms with Crippen molar-refractivity contribution in [3.8, 4) is 0 Å². The first-order valence-electron chi connectivity index (χ1n) is 9.45. The standard InChI is InChI=1S/C17H36N4O3S/c1-5-18-17(20-16(4)8-6-7-15(2)3)19-9-14-25(22,23)21-10-12-24-13-11-21/h15-16H,5-14H2,1-4H3,(H2,18,19,20). The Bertz CT molecular complexity index is 488. The zero-order chi connectivity index (χ0) is 18.7. The molecule has 0 saturated carbocycles. The van der Waals surface area contributed by atoms with Gasteiger partial charge in [-0.25, -0.2) is 8.42 Å². The van der Waals surface area contributed by atoms with Gasteiger partial charge in [0, 0.05) is 25.7 Å². The number of hydrogen-bond acceptors (Lipinski definition) is 4. The smallest absolute Gasteiger partial charge is 0.216 e. The molecule has 8 heteroatoms. The molecule has 1 saturated heterocycles. The first-order valence-corrected chi connectivity index (χ1v) is 11.1. The van der Waals surface area contributed by atoms with Crippen LogP contribution in [0.4, 0.5) is 0 Å². The van der Waals surface area contributed by atoms with Crippen LogP contribution in [0.15, 0.2) is 4.99 Å². The van der Waals surface area contributed by atoms with Crippen molar-refractivity contribution in [1.29, 1.82) is 0 Å². The van der Waals surface area contributed by atoms with E-state index in [2.05, 4.69) is 36.4 Å². The maximum absolute atomic E-state index is 12.3. The summed E-state index contributed by atoms with van der Waals surface area (Å²) in [5, 5.41) is 6.56.